The second-order valence-corrected chi connectivity index (χ2v) is 4.30. The van der Waals surface area contributed by atoms with Gasteiger partial charge < -0.3 is 19.5 Å². The number of hydrogen-bond donors (Lipinski definition) is 4. The first-order valence-electron chi connectivity index (χ1n) is 6.04. The molecule has 2 heterocycles. The second kappa shape index (κ2) is 5.99. The van der Waals surface area contributed by atoms with Gasteiger partial charge in [-0.25, -0.2) is 4.98 Å². The van der Waals surface area contributed by atoms with E-state index in [9.17, 15) is 19.8 Å². The molecule has 2 unspecified atom stereocenters. The van der Waals surface area contributed by atoms with Crippen LogP contribution in [-0.2, 0) is 9.53 Å². The third-order valence-corrected chi connectivity index (χ3v) is 2.84. The average molecular weight is 297 g/mol. The number of ether oxygens (including phenoxy) is 1. The summed E-state index contributed by atoms with van der Waals surface area (Å²) in [5, 5.41) is 21.4. The summed E-state index contributed by atoms with van der Waals surface area (Å²) in [6.45, 7) is 0.817. The quantitative estimate of drug-likeness (QED) is 0.496. The van der Waals surface area contributed by atoms with Crippen molar-refractivity contribution in [3.05, 3.63) is 16.7 Å². The van der Waals surface area contributed by atoms with Crippen LogP contribution in [0.15, 0.2) is 11.1 Å². The first-order valence-corrected chi connectivity index (χ1v) is 6.04. The van der Waals surface area contributed by atoms with Crippen molar-refractivity contribution in [3.8, 4) is 0 Å². The third-order valence-electron chi connectivity index (χ3n) is 2.84. The van der Waals surface area contributed by atoms with Crippen molar-refractivity contribution in [1.82, 2.24) is 19.5 Å². The van der Waals surface area contributed by atoms with Crippen molar-refractivity contribution < 1.29 is 19.7 Å². The molecule has 114 valence electrons. The molecule has 10 heteroatoms. The number of nitrogens with one attached hydrogen (secondary N) is 2. The number of methoxy groups -OCH3 is 1. The van der Waals surface area contributed by atoms with Crippen LogP contribution in [0.25, 0.3) is 11.2 Å². The normalized spacial score (nSPS) is 14.1. The molecule has 0 fully saturated rings. The molecule has 0 aliphatic heterocycles. The van der Waals surface area contributed by atoms with Crippen LogP contribution < -0.4 is 10.9 Å². The minimum absolute atomic E-state index is 0.0193. The second-order valence-electron chi connectivity index (χ2n) is 4.30. The van der Waals surface area contributed by atoms with Gasteiger partial charge in [-0.15, -0.1) is 0 Å². The SMILES string of the molecule is COC(O)C(CO)n1cnc2c(=O)[nH]c(NC(C)=O)nc21. The molecule has 10 nitrogen and oxygen atoms in total. The average Bonchev–Trinajstić information content (AvgIpc) is 2.83. The lowest BCUT2D eigenvalue weighted by Gasteiger charge is -2.21. The monoisotopic (exact) mass is 297 g/mol. The zero-order valence-electron chi connectivity index (χ0n) is 11.4. The van der Waals surface area contributed by atoms with Crippen molar-refractivity contribution in [2.24, 2.45) is 0 Å². The Kier molecular flexibility index (Phi) is 4.31. The Bertz CT molecular complexity index is 709. The topological polar surface area (TPSA) is 142 Å². The van der Waals surface area contributed by atoms with Gasteiger partial charge in [0.1, 0.15) is 6.04 Å². The summed E-state index contributed by atoms with van der Waals surface area (Å²) in [7, 11) is 1.27. The number of aromatic nitrogens is 4. The summed E-state index contributed by atoms with van der Waals surface area (Å²) >= 11 is 0. The smallest absolute Gasteiger partial charge is 0.280 e. The highest BCUT2D eigenvalue weighted by molar-refractivity contribution is 5.87. The molecule has 21 heavy (non-hydrogen) atoms. The zero-order chi connectivity index (χ0) is 15.6. The molecule has 2 aromatic rings. The Morgan fingerprint density at radius 3 is 2.90 bits per heavy atom. The number of H-pyrrole nitrogens is 1. The van der Waals surface area contributed by atoms with Crippen molar-refractivity contribution in [2.75, 3.05) is 19.0 Å². The van der Waals surface area contributed by atoms with Crippen LogP contribution in [-0.4, -0.2) is 55.6 Å². The summed E-state index contributed by atoms with van der Waals surface area (Å²) < 4.78 is 6.07. The van der Waals surface area contributed by atoms with Gasteiger partial charge in [0.05, 0.1) is 12.9 Å². The third kappa shape index (κ3) is 2.91. The number of carbonyl (C=O) groups excluding carboxylic acids is 1. The van der Waals surface area contributed by atoms with E-state index < -0.39 is 30.4 Å². The number of imidazole rings is 1. The summed E-state index contributed by atoms with van der Waals surface area (Å²) in [6, 6.07) is -0.889. The minimum Gasteiger partial charge on any atom is -0.394 e. The molecule has 0 radical (unpaired) electrons. The maximum absolute atomic E-state index is 11.9. The molecule has 4 N–H and O–H groups in total. The molecule has 2 atom stereocenters. The predicted molar refractivity (Wildman–Crippen MR) is 71.6 cm³/mol. The van der Waals surface area contributed by atoms with Gasteiger partial charge in [0.25, 0.3) is 5.56 Å². The Balaban J connectivity index is 2.57. The number of aliphatic hydroxyl groups excluding tert-OH is 2. The Morgan fingerprint density at radius 2 is 2.33 bits per heavy atom. The number of amides is 1. The van der Waals surface area contributed by atoms with Crippen molar-refractivity contribution in [1.29, 1.82) is 0 Å². The van der Waals surface area contributed by atoms with Crippen molar-refractivity contribution >= 4 is 23.0 Å². The summed E-state index contributed by atoms with van der Waals surface area (Å²) in [5.74, 6) is -0.454. The molecule has 2 aromatic heterocycles. The molecular formula is C11H15N5O5. The van der Waals surface area contributed by atoms with Crippen LogP contribution in [0, 0.1) is 0 Å². The van der Waals surface area contributed by atoms with Crippen LogP contribution in [0.5, 0.6) is 0 Å². The molecule has 2 rings (SSSR count). The highest BCUT2D eigenvalue weighted by atomic mass is 16.6. The van der Waals surface area contributed by atoms with Gasteiger partial charge in [-0.05, 0) is 0 Å². The van der Waals surface area contributed by atoms with E-state index in [1.807, 2.05) is 0 Å². The molecular weight excluding hydrogens is 282 g/mol. The summed E-state index contributed by atoms with van der Waals surface area (Å²) in [4.78, 5) is 33.2. The van der Waals surface area contributed by atoms with Gasteiger partial charge in [-0.3, -0.25) is 19.9 Å². The fraction of sp³-hybridized carbons (Fsp3) is 0.455. The van der Waals surface area contributed by atoms with E-state index in [1.54, 1.807) is 0 Å². The van der Waals surface area contributed by atoms with Crippen molar-refractivity contribution in [2.45, 2.75) is 19.3 Å². The fourth-order valence-corrected chi connectivity index (χ4v) is 1.87. The van der Waals surface area contributed by atoms with E-state index in [0.29, 0.717) is 0 Å². The number of carbonyl (C=O) groups is 1. The molecule has 0 aromatic carbocycles. The van der Waals surface area contributed by atoms with Gasteiger partial charge in [-0.1, -0.05) is 0 Å². The number of fused-ring (bicyclic) bond motifs is 1. The molecule has 1 amide bonds. The van der Waals surface area contributed by atoms with E-state index in [1.165, 1.54) is 24.9 Å². The van der Waals surface area contributed by atoms with Gasteiger partial charge in [0.2, 0.25) is 11.9 Å². The largest absolute Gasteiger partial charge is 0.394 e. The van der Waals surface area contributed by atoms with Gasteiger partial charge in [0, 0.05) is 14.0 Å². The Morgan fingerprint density at radius 1 is 1.62 bits per heavy atom. The lowest BCUT2D eigenvalue weighted by atomic mass is 10.3. The number of hydrogen-bond acceptors (Lipinski definition) is 7. The highest BCUT2D eigenvalue weighted by Crippen LogP contribution is 2.17. The Labute approximate surface area is 118 Å². The zero-order valence-corrected chi connectivity index (χ0v) is 11.4. The highest BCUT2D eigenvalue weighted by Gasteiger charge is 2.23. The standard InChI is InChI=1S/C11H15N5O5/c1-5(18)13-11-14-8-7(9(19)15-11)12-4-16(8)6(3-17)10(20)21-2/h4,6,10,17,20H,3H2,1-2H3,(H2,13,14,15,18,19). The predicted octanol–water partition coefficient (Wildman–Crippen LogP) is -1.42. The molecule has 0 aliphatic rings. The molecule has 0 bridgehead atoms. The fourth-order valence-electron chi connectivity index (χ4n) is 1.87. The Hall–Kier alpha value is -2.30. The molecule has 0 saturated carbocycles. The minimum atomic E-state index is -1.31. The lowest BCUT2D eigenvalue weighted by Crippen LogP contribution is -2.29. The number of anilines is 1. The molecule has 0 aliphatic carbocycles. The molecule has 0 spiro atoms. The number of aliphatic hydroxyl groups is 2. The number of rotatable bonds is 5. The van der Waals surface area contributed by atoms with Crippen LogP contribution >= 0.6 is 0 Å². The maximum Gasteiger partial charge on any atom is 0.280 e. The number of nitrogens with zero attached hydrogens (tertiary/aromatic N) is 3. The van der Waals surface area contributed by atoms with Crippen LogP contribution in [0.1, 0.15) is 13.0 Å². The van der Waals surface area contributed by atoms with E-state index in [4.69, 9.17) is 4.74 Å². The maximum atomic E-state index is 11.9. The van der Waals surface area contributed by atoms with Gasteiger partial charge in [-0.2, -0.15) is 4.98 Å². The van der Waals surface area contributed by atoms with Crippen LogP contribution in [0.2, 0.25) is 0 Å². The van der Waals surface area contributed by atoms with Gasteiger partial charge >= 0.3 is 0 Å². The van der Waals surface area contributed by atoms with Crippen molar-refractivity contribution in [3.63, 3.8) is 0 Å². The first kappa shape index (κ1) is 15.1. The lowest BCUT2D eigenvalue weighted by molar-refractivity contribution is -0.116. The molecule has 0 saturated heterocycles. The van der Waals surface area contributed by atoms with E-state index >= 15 is 0 Å². The van der Waals surface area contributed by atoms with E-state index in [-0.39, 0.29) is 17.1 Å². The summed E-state index contributed by atoms with van der Waals surface area (Å²) in [5.41, 5.74) is -0.422. The van der Waals surface area contributed by atoms with Crippen LogP contribution in [0.3, 0.4) is 0 Å². The van der Waals surface area contributed by atoms with E-state index in [0.717, 1.165) is 0 Å². The van der Waals surface area contributed by atoms with E-state index in [2.05, 4.69) is 20.3 Å². The number of aromatic amines is 1. The van der Waals surface area contributed by atoms with Crippen LogP contribution in [0.4, 0.5) is 5.95 Å². The first-order chi connectivity index (χ1) is 9.97. The van der Waals surface area contributed by atoms with Gasteiger partial charge in [0.15, 0.2) is 17.5 Å². The summed E-state index contributed by atoms with van der Waals surface area (Å²) in [6.07, 6.45) is -0.0502.